The van der Waals surface area contributed by atoms with Crippen LogP contribution in [0.2, 0.25) is 0 Å². The first-order valence-electron chi connectivity index (χ1n) is 8.81. The lowest BCUT2D eigenvalue weighted by atomic mass is 10.0. The lowest BCUT2D eigenvalue weighted by Crippen LogP contribution is -2.19. The van der Waals surface area contributed by atoms with Crippen molar-refractivity contribution in [3.05, 3.63) is 81.5 Å². The molecule has 1 aromatic heterocycles. The highest BCUT2D eigenvalue weighted by molar-refractivity contribution is 5.45. The fourth-order valence-corrected chi connectivity index (χ4v) is 3.02. The number of unbranched alkanes of at least 4 members (excludes halogenated alkanes) is 1. The lowest BCUT2D eigenvalue weighted by molar-refractivity contribution is -0.137. The molecule has 0 aliphatic carbocycles. The van der Waals surface area contributed by atoms with E-state index in [4.69, 9.17) is 0 Å². The van der Waals surface area contributed by atoms with Gasteiger partial charge in [-0.3, -0.25) is 0 Å². The number of halogens is 3. The topological polar surface area (TPSA) is 50.7 Å². The van der Waals surface area contributed by atoms with E-state index in [2.05, 4.69) is 10.2 Å². The van der Waals surface area contributed by atoms with E-state index < -0.39 is 17.4 Å². The van der Waals surface area contributed by atoms with Gasteiger partial charge in [0, 0.05) is 6.42 Å². The number of hydrogen-bond donors (Lipinski definition) is 1. The zero-order valence-electron chi connectivity index (χ0n) is 14.9. The average molecular weight is 375 g/mol. The highest BCUT2D eigenvalue weighted by Crippen LogP contribution is 2.32. The van der Waals surface area contributed by atoms with Crippen LogP contribution in [0.1, 0.15) is 42.3 Å². The first-order chi connectivity index (χ1) is 12.9. The normalized spacial score (nSPS) is 11.7. The molecule has 0 amide bonds. The highest BCUT2D eigenvalue weighted by atomic mass is 19.4. The van der Waals surface area contributed by atoms with Crippen molar-refractivity contribution < 1.29 is 13.2 Å². The molecule has 0 fully saturated rings. The van der Waals surface area contributed by atoms with Gasteiger partial charge in [0.15, 0.2) is 0 Å². The molecule has 0 unspecified atom stereocenters. The standard InChI is InChI=1S/C20H20F3N3O/c1-2-3-9-15-13-16(20(21,22)23)10-11-17(15)26-18(24-25-19(26)27)12-14-7-5-4-6-8-14/h4-8,10-11,13H,2-3,9,12H2,1H3,(H,25,27). The van der Waals surface area contributed by atoms with Crippen molar-refractivity contribution in [2.45, 2.75) is 38.8 Å². The van der Waals surface area contributed by atoms with Gasteiger partial charge in [0.25, 0.3) is 0 Å². The second-order valence-corrected chi connectivity index (χ2v) is 6.39. The smallest absolute Gasteiger partial charge is 0.246 e. The minimum atomic E-state index is -4.42. The van der Waals surface area contributed by atoms with Crippen molar-refractivity contribution >= 4 is 0 Å². The molecule has 3 aromatic rings. The van der Waals surface area contributed by atoms with Gasteiger partial charge in [0.2, 0.25) is 0 Å². The number of aromatic amines is 1. The van der Waals surface area contributed by atoms with E-state index in [0.29, 0.717) is 29.9 Å². The maximum Gasteiger partial charge on any atom is 0.416 e. The molecule has 142 valence electrons. The Morgan fingerprint density at radius 2 is 1.85 bits per heavy atom. The third kappa shape index (κ3) is 4.30. The van der Waals surface area contributed by atoms with Gasteiger partial charge in [-0.05, 0) is 42.2 Å². The van der Waals surface area contributed by atoms with Crippen molar-refractivity contribution in [3.63, 3.8) is 0 Å². The number of aromatic nitrogens is 3. The van der Waals surface area contributed by atoms with Crippen LogP contribution in [0.3, 0.4) is 0 Å². The van der Waals surface area contributed by atoms with Crippen LogP contribution in [-0.4, -0.2) is 14.8 Å². The minimum Gasteiger partial charge on any atom is -0.246 e. The number of alkyl halides is 3. The quantitative estimate of drug-likeness (QED) is 0.689. The summed E-state index contributed by atoms with van der Waals surface area (Å²) in [5, 5.41) is 6.50. The van der Waals surface area contributed by atoms with E-state index >= 15 is 0 Å². The Kier molecular flexibility index (Phi) is 5.48. The molecule has 0 aliphatic heterocycles. The van der Waals surface area contributed by atoms with Gasteiger partial charge in [-0.1, -0.05) is 43.7 Å². The Hall–Kier alpha value is -2.83. The molecule has 0 aliphatic rings. The van der Waals surface area contributed by atoms with Crippen molar-refractivity contribution in [2.75, 3.05) is 0 Å². The Labute approximate surface area is 154 Å². The summed E-state index contributed by atoms with van der Waals surface area (Å²) in [7, 11) is 0. The molecule has 0 saturated heterocycles. The summed E-state index contributed by atoms with van der Waals surface area (Å²) in [6.45, 7) is 1.97. The van der Waals surface area contributed by atoms with Crippen molar-refractivity contribution in [1.82, 2.24) is 14.8 Å². The van der Waals surface area contributed by atoms with Crippen molar-refractivity contribution in [2.24, 2.45) is 0 Å². The Bertz CT molecular complexity index is 959. The number of benzene rings is 2. The summed E-state index contributed by atoms with van der Waals surface area (Å²) in [6, 6.07) is 13.0. The van der Waals surface area contributed by atoms with E-state index in [9.17, 15) is 18.0 Å². The fraction of sp³-hybridized carbons (Fsp3) is 0.300. The van der Waals surface area contributed by atoms with E-state index in [0.717, 1.165) is 30.5 Å². The number of aryl methyl sites for hydroxylation is 1. The third-order valence-corrected chi connectivity index (χ3v) is 4.39. The minimum absolute atomic E-state index is 0.397. The van der Waals surface area contributed by atoms with Crippen LogP contribution in [0.4, 0.5) is 13.2 Å². The van der Waals surface area contributed by atoms with Crippen molar-refractivity contribution in [3.8, 4) is 5.69 Å². The number of nitrogens with one attached hydrogen (secondary N) is 1. The molecule has 0 saturated carbocycles. The number of hydrogen-bond acceptors (Lipinski definition) is 2. The van der Waals surface area contributed by atoms with Crippen LogP contribution in [0.5, 0.6) is 0 Å². The van der Waals surface area contributed by atoms with Gasteiger partial charge < -0.3 is 0 Å². The Morgan fingerprint density at radius 1 is 1.11 bits per heavy atom. The maximum atomic E-state index is 13.1. The van der Waals surface area contributed by atoms with Gasteiger partial charge in [-0.2, -0.15) is 18.3 Å². The molecule has 1 N–H and O–H groups in total. The van der Waals surface area contributed by atoms with Crippen LogP contribution < -0.4 is 5.69 Å². The molecule has 3 rings (SSSR count). The largest absolute Gasteiger partial charge is 0.416 e. The molecular formula is C20H20F3N3O. The maximum absolute atomic E-state index is 13.1. The number of nitrogens with zero attached hydrogens (tertiary/aromatic N) is 2. The zero-order valence-corrected chi connectivity index (χ0v) is 14.9. The van der Waals surface area contributed by atoms with E-state index in [1.165, 1.54) is 10.6 Å². The molecule has 7 heteroatoms. The second-order valence-electron chi connectivity index (χ2n) is 6.39. The average Bonchev–Trinajstić information content (AvgIpc) is 3.00. The Balaban J connectivity index is 2.07. The van der Waals surface area contributed by atoms with E-state index in [-0.39, 0.29) is 0 Å². The summed E-state index contributed by atoms with van der Waals surface area (Å²) in [5.41, 5.74) is 0.724. The highest BCUT2D eigenvalue weighted by Gasteiger charge is 2.31. The van der Waals surface area contributed by atoms with Crippen LogP contribution in [0, 0.1) is 0 Å². The van der Waals surface area contributed by atoms with Gasteiger partial charge >= 0.3 is 11.9 Å². The first-order valence-corrected chi connectivity index (χ1v) is 8.81. The SMILES string of the molecule is CCCCc1cc(C(F)(F)F)ccc1-n1c(Cc2ccccc2)n[nH]c1=O. The van der Waals surface area contributed by atoms with Gasteiger partial charge in [0.05, 0.1) is 11.3 Å². The van der Waals surface area contributed by atoms with Crippen LogP contribution >= 0.6 is 0 Å². The summed E-state index contributed by atoms with van der Waals surface area (Å²) in [6.07, 6.45) is -2.00. The monoisotopic (exact) mass is 375 g/mol. The van der Waals surface area contributed by atoms with Crippen molar-refractivity contribution in [1.29, 1.82) is 0 Å². The lowest BCUT2D eigenvalue weighted by Gasteiger charge is -2.15. The second kappa shape index (κ2) is 7.82. The number of rotatable bonds is 6. The third-order valence-electron chi connectivity index (χ3n) is 4.39. The Morgan fingerprint density at radius 3 is 2.52 bits per heavy atom. The first kappa shape index (κ1) is 18.9. The summed E-state index contributed by atoms with van der Waals surface area (Å²) >= 11 is 0. The number of H-pyrrole nitrogens is 1. The van der Waals surface area contributed by atoms with Crippen LogP contribution in [0.25, 0.3) is 5.69 Å². The zero-order chi connectivity index (χ0) is 19.4. The summed E-state index contributed by atoms with van der Waals surface area (Å²) in [4.78, 5) is 12.4. The van der Waals surface area contributed by atoms with E-state index in [1.54, 1.807) is 0 Å². The molecule has 0 bridgehead atoms. The fourth-order valence-electron chi connectivity index (χ4n) is 3.02. The molecule has 0 spiro atoms. The van der Waals surface area contributed by atoms with Gasteiger partial charge in [0.1, 0.15) is 5.82 Å². The molecule has 2 aromatic carbocycles. The van der Waals surface area contributed by atoms with Crippen LogP contribution in [-0.2, 0) is 19.0 Å². The molecule has 0 atom stereocenters. The van der Waals surface area contributed by atoms with Gasteiger partial charge in [-0.25, -0.2) is 14.5 Å². The molecule has 1 heterocycles. The predicted octanol–water partition coefficient (Wildman–Crippen LogP) is 4.51. The van der Waals surface area contributed by atoms with Gasteiger partial charge in [-0.15, -0.1) is 0 Å². The predicted molar refractivity (Wildman–Crippen MR) is 97.0 cm³/mol. The summed E-state index contributed by atoms with van der Waals surface area (Å²) in [5.74, 6) is 0.462. The molecular weight excluding hydrogens is 355 g/mol. The van der Waals surface area contributed by atoms with E-state index in [1.807, 2.05) is 37.3 Å². The molecule has 0 radical (unpaired) electrons. The molecule has 27 heavy (non-hydrogen) atoms. The molecule has 4 nitrogen and oxygen atoms in total. The summed E-state index contributed by atoms with van der Waals surface area (Å²) < 4.78 is 40.7. The van der Waals surface area contributed by atoms with Crippen LogP contribution in [0.15, 0.2) is 53.3 Å².